The smallest absolute Gasteiger partial charge is 0.475 e. The molecule has 12 heteroatoms. The van der Waals surface area contributed by atoms with Gasteiger partial charge in [-0.1, -0.05) is 0 Å². The number of hydrogen-bond donors (Lipinski definition) is 2. The Balaban J connectivity index is 0.000000384. The van der Waals surface area contributed by atoms with Crippen molar-refractivity contribution in [2.24, 2.45) is 5.92 Å². The molecule has 1 aliphatic carbocycles. The summed E-state index contributed by atoms with van der Waals surface area (Å²) in [7, 11) is 0. The zero-order valence-electron chi connectivity index (χ0n) is 18.8. The molecule has 0 aliphatic heterocycles. The van der Waals surface area contributed by atoms with Gasteiger partial charge in [0.05, 0.1) is 5.69 Å². The number of nitrogens with zero attached hydrogens (tertiary/aromatic N) is 4. The zero-order chi connectivity index (χ0) is 26.0. The van der Waals surface area contributed by atoms with Gasteiger partial charge < -0.3 is 10.4 Å². The Morgan fingerprint density at radius 2 is 1.81 bits per heavy atom. The number of benzene rings is 1. The van der Waals surface area contributed by atoms with Crippen LogP contribution in [-0.2, 0) is 9.59 Å². The second kappa shape index (κ2) is 9.72. The van der Waals surface area contributed by atoms with Gasteiger partial charge in [0.15, 0.2) is 5.65 Å². The fraction of sp³-hybridized carbons (Fsp3) is 0.208. The van der Waals surface area contributed by atoms with E-state index in [1.807, 2.05) is 24.3 Å². The van der Waals surface area contributed by atoms with Crippen LogP contribution in [0.25, 0.3) is 28.2 Å². The molecule has 0 spiro atoms. The first-order valence-corrected chi connectivity index (χ1v) is 10.7. The van der Waals surface area contributed by atoms with Crippen molar-refractivity contribution in [1.29, 1.82) is 0 Å². The number of aliphatic carboxylic acids is 1. The minimum absolute atomic E-state index is 0.000278. The first-order valence-electron chi connectivity index (χ1n) is 10.7. The molecule has 8 nitrogen and oxygen atoms in total. The lowest BCUT2D eigenvalue weighted by Gasteiger charge is -2.08. The summed E-state index contributed by atoms with van der Waals surface area (Å²) in [4.78, 5) is 30.0. The summed E-state index contributed by atoms with van der Waals surface area (Å²) >= 11 is 0. The number of carbonyl (C=O) groups excluding carboxylic acids is 1. The summed E-state index contributed by atoms with van der Waals surface area (Å²) in [5.74, 6) is -2.43. The van der Waals surface area contributed by atoms with E-state index in [2.05, 4.69) is 15.4 Å². The molecule has 1 aromatic carbocycles. The highest BCUT2D eigenvalue weighted by Crippen LogP contribution is 2.34. The SMILES string of the molecule is Cc1cc(-c2nc3cccnn3c2-c2ccnc(NC(=O)C3CC3)c2)ccc1F.O=C(O)C(F)(F)F. The van der Waals surface area contributed by atoms with Gasteiger partial charge in [0.2, 0.25) is 5.91 Å². The van der Waals surface area contributed by atoms with Crippen molar-refractivity contribution in [1.82, 2.24) is 19.6 Å². The highest BCUT2D eigenvalue weighted by molar-refractivity contribution is 5.94. The average Bonchev–Trinajstić information content (AvgIpc) is 3.61. The number of aromatic nitrogens is 4. The van der Waals surface area contributed by atoms with Crippen LogP contribution in [0.4, 0.5) is 23.4 Å². The number of carbonyl (C=O) groups is 2. The Morgan fingerprint density at radius 1 is 1.08 bits per heavy atom. The quantitative estimate of drug-likeness (QED) is 0.386. The summed E-state index contributed by atoms with van der Waals surface area (Å²) in [5.41, 5.74) is 4.29. The monoisotopic (exact) mass is 501 g/mol. The van der Waals surface area contributed by atoms with E-state index in [0.29, 0.717) is 22.7 Å². The minimum Gasteiger partial charge on any atom is -0.475 e. The molecule has 186 valence electrons. The summed E-state index contributed by atoms with van der Waals surface area (Å²) < 4.78 is 47.3. The number of anilines is 1. The van der Waals surface area contributed by atoms with E-state index in [9.17, 15) is 22.4 Å². The largest absolute Gasteiger partial charge is 0.490 e. The maximum absolute atomic E-state index is 13.8. The second-order valence-corrected chi connectivity index (χ2v) is 8.06. The first-order chi connectivity index (χ1) is 17.0. The van der Waals surface area contributed by atoms with Gasteiger partial charge in [-0.2, -0.15) is 18.3 Å². The molecule has 1 amide bonds. The molecule has 3 aromatic heterocycles. The Hall–Kier alpha value is -4.35. The standard InChI is InChI=1S/C22H18FN5O.C2HF3O2/c1-13-11-15(6-7-17(13)23)20-21(28-19(27-20)3-2-9-25-28)16-8-10-24-18(12-16)26-22(29)14-4-5-14;3-2(4,5)1(6)7/h2-3,6-12,14H,4-5H2,1H3,(H,24,26,29);(H,6,7). The summed E-state index contributed by atoms with van der Waals surface area (Å²) in [6.07, 6.45) is 0.113. The fourth-order valence-electron chi connectivity index (χ4n) is 3.36. The minimum atomic E-state index is -5.08. The van der Waals surface area contributed by atoms with Crippen LogP contribution in [0.3, 0.4) is 0 Å². The number of alkyl halides is 3. The van der Waals surface area contributed by atoms with Gasteiger partial charge in [0.1, 0.15) is 17.3 Å². The van der Waals surface area contributed by atoms with Crippen molar-refractivity contribution >= 4 is 23.3 Å². The average molecular weight is 501 g/mol. The molecule has 4 aromatic rings. The van der Waals surface area contributed by atoms with Gasteiger partial charge in [0.25, 0.3) is 0 Å². The van der Waals surface area contributed by atoms with Crippen LogP contribution < -0.4 is 5.32 Å². The number of amides is 1. The number of halogens is 4. The predicted molar refractivity (Wildman–Crippen MR) is 121 cm³/mol. The number of imidazole rings is 1. The van der Waals surface area contributed by atoms with E-state index in [4.69, 9.17) is 14.9 Å². The van der Waals surface area contributed by atoms with Crippen molar-refractivity contribution in [3.05, 3.63) is 66.2 Å². The van der Waals surface area contributed by atoms with Gasteiger partial charge >= 0.3 is 12.1 Å². The lowest BCUT2D eigenvalue weighted by Crippen LogP contribution is -2.21. The number of hydrogen-bond acceptors (Lipinski definition) is 5. The second-order valence-electron chi connectivity index (χ2n) is 8.06. The molecule has 5 rings (SSSR count). The lowest BCUT2D eigenvalue weighted by molar-refractivity contribution is -0.192. The fourth-order valence-corrected chi connectivity index (χ4v) is 3.36. The Labute approximate surface area is 201 Å². The number of aryl methyl sites for hydroxylation is 1. The van der Waals surface area contributed by atoms with Crippen molar-refractivity contribution in [3.8, 4) is 22.5 Å². The number of rotatable bonds is 4. The molecule has 0 bridgehead atoms. The maximum atomic E-state index is 13.8. The van der Waals surface area contributed by atoms with E-state index in [0.717, 1.165) is 29.7 Å². The summed E-state index contributed by atoms with van der Waals surface area (Å²) in [5, 5.41) is 14.5. The van der Waals surface area contributed by atoms with Crippen LogP contribution in [-0.4, -0.2) is 42.7 Å². The van der Waals surface area contributed by atoms with Gasteiger partial charge in [-0.15, -0.1) is 0 Å². The molecule has 0 radical (unpaired) electrons. The van der Waals surface area contributed by atoms with Gasteiger partial charge in [-0.3, -0.25) is 4.79 Å². The van der Waals surface area contributed by atoms with Gasteiger partial charge in [-0.05, 0) is 67.8 Å². The number of fused-ring (bicyclic) bond motifs is 1. The van der Waals surface area contributed by atoms with E-state index in [1.165, 1.54) is 6.07 Å². The highest BCUT2D eigenvalue weighted by atomic mass is 19.4. The van der Waals surface area contributed by atoms with Crippen LogP contribution in [0.1, 0.15) is 18.4 Å². The molecular weight excluding hydrogens is 482 g/mol. The normalized spacial score (nSPS) is 13.1. The summed E-state index contributed by atoms with van der Waals surface area (Å²) in [6, 6.07) is 12.3. The molecule has 1 saturated carbocycles. The van der Waals surface area contributed by atoms with Crippen LogP contribution in [0.5, 0.6) is 0 Å². The Kier molecular flexibility index (Phi) is 6.69. The molecule has 0 atom stereocenters. The highest BCUT2D eigenvalue weighted by Gasteiger charge is 2.38. The molecule has 2 N–H and O–H groups in total. The molecule has 1 aliphatic rings. The lowest BCUT2D eigenvalue weighted by atomic mass is 10.0. The molecule has 0 unspecified atom stereocenters. The molecule has 0 saturated heterocycles. The van der Waals surface area contributed by atoms with Crippen molar-refractivity contribution in [3.63, 3.8) is 0 Å². The van der Waals surface area contributed by atoms with E-state index in [-0.39, 0.29) is 17.6 Å². The number of carboxylic acids is 1. The van der Waals surface area contributed by atoms with Crippen molar-refractivity contribution < 1.29 is 32.3 Å². The molecule has 1 fully saturated rings. The predicted octanol–water partition coefficient (Wildman–Crippen LogP) is 4.89. The topological polar surface area (TPSA) is 109 Å². The zero-order valence-corrected chi connectivity index (χ0v) is 18.8. The maximum Gasteiger partial charge on any atom is 0.490 e. The van der Waals surface area contributed by atoms with Crippen LogP contribution in [0.2, 0.25) is 0 Å². The van der Waals surface area contributed by atoms with Crippen LogP contribution >= 0.6 is 0 Å². The number of nitrogens with one attached hydrogen (secondary N) is 1. The summed E-state index contributed by atoms with van der Waals surface area (Å²) in [6.45, 7) is 1.73. The third-order valence-corrected chi connectivity index (χ3v) is 5.30. The van der Waals surface area contributed by atoms with Crippen LogP contribution in [0, 0.1) is 18.7 Å². The molecular formula is C24H19F4N5O3. The molecule has 36 heavy (non-hydrogen) atoms. The van der Waals surface area contributed by atoms with E-state index < -0.39 is 12.1 Å². The number of carboxylic acid groups (broad SMARTS) is 1. The van der Waals surface area contributed by atoms with Gasteiger partial charge in [-0.25, -0.2) is 23.7 Å². The molecule has 3 heterocycles. The Morgan fingerprint density at radius 3 is 2.44 bits per heavy atom. The van der Waals surface area contributed by atoms with E-state index in [1.54, 1.807) is 36.0 Å². The van der Waals surface area contributed by atoms with Crippen molar-refractivity contribution in [2.45, 2.75) is 25.9 Å². The first kappa shape index (κ1) is 24.8. The van der Waals surface area contributed by atoms with Gasteiger partial charge in [0, 0.05) is 29.4 Å². The van der Waals surface area contributed by atoms with E-state index >= 15 is 0 Å². The van der Waals surface area contributed by atoms with Crippen LogP contribution in [0.15, 0.2) is 54.9 Å². The van der Waals surface area contributed by atoms with Crippen molar-refractivity contribution in [2.75, 3.05) is 5.32 Å². The third-order valence-electron chi connectivity index (χ3n) is 5.30. The number of pyridine rings is 1. The Bertz CT molecular complexity index is 1450. The third kappa shape index (κ3) is 5.48.